The van der Waals surface area contributed by atoms with Crippen molar-refractivity contribution in [2.75, 3.05) is 6.54 Å². The lowest BCUT2D eigenvalue weighted by molar-refractivity contribution is 0.637. The fourth-order valence-electron chi connectivity index (χ4n) is 3.82. The molecule has 2 heteroatoms. The molecule has 3 rings (SSSR count). The van der Waals surface area contributed by atoms with E-state index in [0.29, 0.717) is 5.92 Å². The SMILES string of the molecule is Cc1cccc(C(NC2=NCCCCCCC2)c2cccc(C(C)C)c2)c1. The van der Waals surface area contributed by atoms with Gasteiger partial charge in [-0.3, -0.25) is 4.99 Å². The number of aryl methyl sites for hydroxylation is 1. The van der Waals surface area contributed by atoms with Gasteiger partial charge in [0.05, 0.1) is 11.9 Å². The molecule has 0 aliphatic carbocycles. The molecule has 0 saturated carbocycles. The molecular weight excluding hydrogens is 328 g/mol. The van der Waals surface area contributed by atoms with E-state index in [4.69, 9.17) is 4.99 Å². The standard InChI is InChI=1S/C25H34N2/c1-19(2)21-12-10-14-23(18-21)25(22-13-9-11-20(3)17-22)27-24-15-7-5-4-6-8-16-26-24/h9-14,17-19,25H,4-8,15-16H2,1-3H3,(H,26,27). The highest BCUT2D eigenvalue weighted by Gasteiger charge is 2.17. The van der Waals surface area contributed by atoms with Gasteiger partial charge in [-0.25, -0.2) is 0 Å². The zero-order valence-electron chi connectivity index (χ0n) is 17.2. The van der Waals surface area contributed by atoms with Gasteiger partial charge in [-0.2, -0.15) is 0 Å². The lowest BCUT2D eigenvalue weighted by Gasteiger charge is -2.24. The van der Waals surface area contributed by atoms with Crippen LogP contribution in [0.25, 0.3) is 0 Å². The zero-order chi connectivity index (χ0) is 19.1. The molecule has 2 aromatic rings. The van der Waals surface area contributed by atoms with E-state index in [1.165, 1.54) is 60.2 Å². The van der Waals surface area contributed by atoms with Crippen LogP contribution in [0.3, 0.4) is 0 Å². The van der Waals surface area contributed by atoms with Gasteiger partial charge in [0.1, 0.15) is 0 Å². The van der Waals surface area contributed by atoms with Crippen molar-refractivity contribution in [2.45, 2.75) is 71.3 Å². The minimum absolute atomic E-state index is 0.156. The fourth-order valence-corrected chi connectivity index (χ4v) is 3.82. The highest BCUT2D eigenvalue weighted by molar-refractivity contribution is 5.83. The van der Waals surface area contributed by atoms with Crippen LogP contribution in [0, 0.1) is 6.92 Å². The predicted molar refractivity (Wildman–Crippen MR) is 117 cm³/mol. The molecule has 2 nitrogen and oxygen atoms in total. The van der Waals surface area contributed by atoms with Crippen molar-refractivity contribution in [1.29, 1.82) is 0 Å². The van der Waals surface area contributed by atoms with Gasteiger partial charge in [-0.15, -0.1) is 0 Å². The average Bonchev–Trinajstić information content (AvgIpc) is 2.80. The van der Waals surface area contributed by atoms with Crippen molar-refractivity contribution >= 4 is 5.84 Å². The number of hydrogen-bond donors (Lipinski definition) is 1. The van der Waals surface area contributed by atoms with Gasteiger partial charge < -0.3 is 5.32 Å². The summed E-state index contributed by atoms with van der Waals surface area (Å²) >= 11 is 0. The molecule has 27 heavy (non-hydrogen) atoms. The van der Waals surface area contributed by atoms with Gasteiger partial charge >= 0.3 is 0 Å². The van der Waals surface area contributed by atoms with Crippen LogP contribution in [0.1, 0.15) is 86.6 Å². The Morgan fingerprint density at radius 2 is 1.48 bits per heavy atom. The fraction of sp³-hybridized carbons (Fsp3) is 0.480. The monoisotopic (exact) mass is 362 g/mol. The van der Waals surface area contributed by atoms with Gasteiger partial charge in [-0.1, -0.05) is 87.2 Å². The van der Waals surface area contributed by atoms with E-state index >= 15 is 0 Å². The summed E-state index contributed by atoms with van der Waals surface area (Å²) < 4.78 is 0. The number of nitrogens with one attached hydrogen (secondary N) is 1. The quantitative estimate of drug-likeness (QED) is 0.655. The van der Waals surface area contributed by atoms with Gasteiger partial charge in [0.15, 0.2) is 0 Å². The first-order valence-electron chi connectivity index (χ1n) is 10.6. The summed E-state index contributed by atoms with van der Waals surface area (Å²) in [5.41, 5.74) is 5.34. The summed E-state index contributed by atoms with van der Waals surface area (Å²) in [6, 6.07) is 18.1. The first-order valence-corrected chi connectivity index (χ1v) is 10.6. The Kier molecular flexibility index (Phi) is 7.09. The second kappa shape index (κ2) is 9.73. The molecule has 0 saturated heterocycles. The Balaban J connectivity index is 1.93. The minimum atomic E-state index is 0.156. The van der Waals surface area contributed by atoms with Crippen LogP contribution in [-0.2, 0) is 0 Å². The molecule has 0 fully saturated rings. The number of nitrogens with zero attached hydrogens (tertiary/aromatic N) is 1. The van der Waals surface area contributed by atoms with Crippen LogP contribution < -0.4 is 5.32 Å². The maximum atomic E-state index is 4.92. The largest absolute Gasteiger partial charge is 0.363 e. The third-order valence-corrected chi connectivity index (χ3v) is 5.47. The summed E-state index contributed by atoms with van der Waals surface area (Å²) in [5, 5.41) is 3.83. The summed E-state index contributed by atoms with van der Waals surface area (Å²) in [6.07, 6.45) is 7.49. The van der Waals surface area contributed by atoms with E-state index in [-0.39, 0.29) is 6.04 Å². The molecule has 2 aromatic carbocycles. The lowest BCUT2D eigenvalue weighted by atomic mass is 9.93. The number of amidine groups is 1. The van der Waals surface area contributed by atoms with Crippen LogP contribution in [0.2, 0.25) is 0 Å². The van der Waals surface area contributed by atoms with Crippen LogP contribution in [0.4, 0.5) is 0 Å². The maximum absolute atomic E-state index is 4.92. The molecule has 0 bridgehead atoms. The molecule has 1 unspecified atom stereocenters. The molecule has 0 spiro atoms. The minimum Gasteiger partial charge on any atom is -0.363 e. The van der Waals surface area contributed by atoms with Crippen LogP contribution in [0.5, 0.6) is 0 Å². The van der Waals surface area contributed by atoms with Crippen LogP contribution >= 0.6 is 0 Å². The van der Waals surface area contributed by atoms with Crippen LogP contribution in [0.15, 0.2) is 53.5 Å². The molecule has 1 aliphatic heterocycles. The molecular formula is C25H34N2. The molecule has 144 valence electrons. The Morgan fingerprint density at radius 3 is 2.26 bits per heavy atom. The Hall–Kier alpha value is -2.09. The molecule has 1 atom stereocenters. The van der Waals surface area contributed by atoms with Crippen molar-refractivity contribution in [1.82, 2.24) is 5.32 Å². The molecule has 0 aromatic heterocycles. The number of aliphatic imine (C=N–C) groups is 1. The smallest absolute Gasteiger partial charge is 0.0970 e. The van der Waals surface area contributed by atoms with Gasteiger partial charge in [0, 0.05) is 13.0 Å². The van der Waals surface area contributed by atoms with E-state index in [9.17, 15) is 0 Å². The van der Waals surface area contributed by atoms with Crippen molar-refractivity contribution in [3.8, 4) is 0 Å². The maximum Gasteiger partial charge on any atom is 0.0970 e. The van der Waals surface area contributed by atoms with E-state index in [1.807, 2.05) is 0 Å². The Labute approximate surface area is 165 Å². The van der Waals surface area contributed by atoms with E-state index in [0.717, 1.165) is 13.0 Å². The predicted octanol–water partition coefficient (Wildman–Crippen LogP) is 6.55. The molecule has 1 N–H and O–H groups in total. The van der Waals surface area contributed by atoms with Gasteiger partial charge in [0.25, 0.3) is 0 Å². The number of hydrogen-bond acceptors (Lipinski definition) is 2. The summed E-state index contributed by atoms with van der Waals surface area (Å²) in [7, 11) is 0. The Bertz CT molecular complexity index is 760. The molecule has 0 amide bonds. The van der Waals surface area contributed by atoms with E-state index in [1.54, 1.807) is 0 Å². The third kappa shape index (κ3) is 5.69. The summed E-state index contributed by atoms with van der Waals surface area (Å²) in [6.45, 7) is 7.64. The van der Waals surface area contributed by atoms with Crippen molar-refractivity contribution < 1.29 is 0 Å². The molecule has 1 aliphatic rings. The second-order valence-corrected chi connectivity index (χ2v) is 8.16. The first-order chi connectivity index (χ1) is 13.1. The number of rotatable bonds is 4. The van der Waals surface area contributed by atoms with E-state index in [2.05, 4.69) is 74.6 Å². The summed E-state index contributed by atoms with van der Waals surface area (Å²) in [4.78, 5) is 4.92. The zero-order valence-corrected chi connectivity index (χ0v) is 17.2. The van der Waals surface area contributed by atoms with Gasteiger partial charge in [-0.05, 0) is 42.4 Å². The van der Waals surface area contributed by atoms with Gasteiger partial charge in [0.2, 0.25) is 0 Å². The second-order valence-electron chi connectivity index (χ2n) is 8.16. The average molecular weight is 363 g/mol. The van der Waals surface area contributed by atoms with Crippen molar-refractivity contribution in [3.05, 3.63) is 70.8 Å². The van der Waals surface area contributed by atoms with Crippen molar-refractivity contribution in [3.63, 3.8) is 0 Å². The number of benzene rings is 2. The normalized spacial score (nSPS) is 16.8. The van der Waals surface area contributed by atoms with Crippen LogP contribution in [-0.4, -0.2) is 12.4 Å². The highest BCUT2D eigenvalue weighted by atomic mass is 15.0. The molecule has 1 heterocycles. The lowest BCUT2D eigenvalue weighted by Crippen LogP contribution is -2.29. The van der Waals surface area contributed by atoms with E-state index < -0.39 is 0 Å². The topological polar surface area (TPSA) is 24.4 Å². The first kappa shape index (κ1) is 19.7. The molecule has 0 radical (unpaired) electrons. The Morgan fingerprint density at radius 1 is 0.815 bits per heavy atom. The highest BCUT2D eigenvalue weighted by Crippen LogP contribution is 2.26. The summed E-state index contributed by atoms with van der Waals surface area (Å²) in [5.74, 6) is 1.71. The van der Waals surface area contributed by atoms with Crippen molar-refractivity contribution in [2.24, 2.45) is 4.99 Å². The third-order valence-electron chi connectivity index (χ3n) is 5.47.